The lowest BCUT2D eigenvalue weighted by atomic mass is 10.2. The molecule has 0 saturated heterocycles. The molecule has 0 aliphatic rings. The molecule has 12 heavy (non-hydrogen) atoms. The van der Waals surface area contributed by atoms with Crippen molar-refractivity contribution in [3.8, 4) is 5.75 Å². The molecular weight excluding hydrogens is 220 g/mol. The van der Waals surface area contributed by atoms with Gasteiger partial charge in [0.2, 0.25) is 0 Å². The van der Waals surface area contributed by atoms with Gasteiger partial charge >= 0.3 is 0 Å². The van der Waals surface area contributed by atoms with E-state index in [1.54, 1.807) is 24.3 Å². The fourth-order valence-corrected chi connectivity index (χ4v) is 1.24. The number of aliphatic hydroxyl groups is 1. The topological polar surface area (TPSA) is 40.5 Å². The van der Waals surface area contributed by atoms with Gasteiger partial charge in [-0.15, -0.1) is 0 Å². The molecule has 0 saturated carbocycles. The summed E-state index contributed by atoms with van der Waals surface area (Å²) in [5.41, 5.74) is 0.851. The van der Waals surface area contributed by atoms with Gasteiger partial charge in [-0.05, 0) is 27.6 Å². The first-order chi connectivity index (χ1) is 5.75. The number of phenolic OH excluding ortho intramolecular Hbond substituents is 1. The van der Waals surface area contributed by atoms with E-state index in [1.807, 2.05) is 6.07 Å². The number of halogens is 1. The van der Waals surface area contributed by atoms with Gasteiger partial charge in [0.15, 0.2) is 0 Å². The largest absolute Gasteiger partial charge is 0.507 e. The van der Waals surface area contributed by atoms with Crippen LogP contribution < -0.4 is 0 Å². The van der Waals surface area contributed by atoms with Crippen molar-refractivity contribution >= 4 is 22.0 Å². The highest BCUT2D eigenvalue weighted by Crippen LogP contribution is 2.27. The molecule has 2 nitrogen and oxygen atoms in total. The summed E-state index contributed by atoms with van der Waals surface area (Å²) in [5.74, 6) is 0.204. The predicted octanol–water partition coefficient (Wildman–Crippen LogP) is 2.16. The number of rotatable bonds is 2. The van der Waals surface area contributed by atoms with Crippen molar-refractivity contribution in [2.75, 3.05) is 6.61 Å². The lowest BCUT2D eigenvalue weighted by Crippen LogP contribution is -1.77. The second-order valence-corrected chi connectivity index (χ2v) is 3.06. The molecule has 0 aromatic heterocycles. The molecule has 0 fully saturated rings. The maximum absolute atomic E-state index is 9.26. The molecule has 3 heteroatoms. The molecule has 1 aromatic carbocycles. The van der Waals surface area contributed by atoms with Gasteiger partial charge < -0.3 is 10.2 Å². The Hall–Kier alpha value is -0.800. The minimum atomic E-state index is 0.00208. The summed E-state index contributed by atoms with van der Waals surface area (Å²) >= 11 is 3.23. The van der Waals surface area contributed by atoms with Gasteiger partial charge in [-0.1, -0.05) is 24.3 Å². The molecule has 0 heterocycles. The van der Waals surface area contributed by atoms with Crippen LogP contribution in [0.5, 0.6) is 5.75 Å². The monoisotopic (exact) mass is 228 g/mol. The predicted molar refractivity (Wildman–Crippen MR) is 51.9 cm³/mol. The summed E-state index contributed by atoms with van der Waals surface area (Å²) in [4.78, 5) is 0. The van der Waals surface area contributed by atoms with Crippen molar-refractivity contribution in [1.82, 2.24) is 0 Å². The quantitative estimate of drug-likeness (QED) is 0.815. The van der Waals surface area contributed by atoms with Crippen LogP contribution in [0, 0.1) is 0 Å². The van der Waals surface area contributed by atoms with E-state index < -0.39 is 0 Å². The molecule has 0 aliphatic carbocycles. The zero-order chi connectivity index (χ0) is 8.97. The van der Waals surface area contributed by atoms with Gasteiger partial charge in [-0.3, -0.25) is 0 Å². The Kier molecular flexibility index (Phi) is 3.31. The number of aliphatic hydroxyl groups excluding tert-OH is 1. The fourth-order valence-electron chi connectivity index (χ4n) is 0.846. The van der Waals surface area contributed by atoms with Crippen LogP contribution >= 0.6 is 15.9 Å². The molecule has 64 valence electrons. The number of hydrogen-bond donors (Lipinski definition) is 2. The van der Waals surface area contributed by atoms with E-state index in [-0.39, 0.29) is 12.4 Å². The molecule has 2 N–H and O–H groups in total. The van der Waals surface area contributed by atoms with E-state index in [1.165, 1.54) is 0 Å². The Morgan fingerprint density at radius 1 is 1.42 bits per heavy atom. The first-order valence-electron chi connectivity index (χ1n) is 3.50. The lowest BCUT2D eigenvalue weighted by molar-refractivity contribution is 0.343. The summed E-state index contributed by atoms with van der Waals surface area (Å²) in [6.07, 6.45) is 3.35. The third kappa shape index (κ3) is 2.09. The van der Waals surface area contributed by atoms with Crippen LogP contribution in [-0.4, -0.2) is 16.8 Å². The fraction of sp³-hybridized carbons (Fsp3) is 0.111. The summed E-state index contributed by atoms with van der Waals surface area (Å²) in [6.45, 7) is 0.00208. The molecule has 0 spiro atoms. The maximum atomic E-state index is 9.26. The molecule has 0 bridgehead atoms. The minimum Gasteiger partial charge on any atom is -0.507 e. The molecule has 0 aliphatic heterocycles. The molecule has 0 radical (unpaired) electrons. The van der Waals surface area contributed by atoms with E-state index in [2.05, 4.69) is 15.9 Å². The maximum Gasteiger partial charge on any atom is 0.130 e. The summed E-state index contributed by atoms with van der Waals surface area (Å²) < 4.78 is 0.648. The number of phenols is 1. The average molecular weight is 229 g/mol. The number of benzene rings is 1. The summed E-state index contributed by atoms with van der Waals surface area (Å²) in [7, 11) is 0. The van der Waals surface area contributed by atoms with E-state index in [4.69, 9.17) is 5.11 Å². The summed E-state index contributed by atoms with van der Waals surface area (Å²) in [5, 5.41) is 17.8. The Morgan fingerprint density at radius 3 is 2.83 bits per heavy atom. The number of aromatic hydroxyl groups is 1. The highest BCUT2D eigenvalue weighted by molar-refractivity contribution is 9.10. The Bertz CT molecular complexity index is 295. The van der Waals surface area contributed by atoms with Gasteiger partial charge in [0.1, 0.15) is 5.75 Å². The Balaban J connectivity index is 3.00. The van der Waals surface area contributed by atoms with Crippen molar-refractivity contribution in [2.24, 2.45) is 0 Å². The average Bonchev–Trinajstić information content (AvgIpc) is 2.08. The molecule has 1 aromatic rings. The van der Waals surface area contributed by atoms with Crippen LogP contribution in [0.2, 0.25) is 0 Å². The highest BCUT2D eigenvalue weighted by Gasteiger charge is 1.99. The van der Waals surface area contributed by atoms with Gasteiger partial charge in [0.25, 0.3) is 0 Å². The van der Waals surface area contributed by atoms with Crippen molar-refractivity contribution in [1.29, 1.82) is 0 Å². The van der Waals surface area contributed by atoms with E-state index >= 15 is 0 Å². The summed E-state index contributed by atoms with van der Waals surface area (Å²) in [6, 6.07) is 5.19. The van der Waals surface area contributed by atoms with Crippen molar-refractivity contribution in [2.45, 2.75) is 0 Å². The van der Waals surface area contributed by atoms with E-state index in [0.29, 0.717) is 4.47 Å². The highest BCUT2D eigenvalue weighted by atomic mass is 79.9. The van der Waals surface area contributed by atoms with E-state index in [0.717, 1.165) is 5.56 Å². The third-order valence-electron chi connectivity index (χ3n) is 1.41. The third-order valence-corrected chi connectivity index (χ3v) is 2.28. The van der Waals surface area contributed by atoms with Crippen LogP contribution in [0.3, 0.4) is 0 Å². The van der Waals surface area contributed by atoms with Crippen molar-refractivity contribution in [3.63, 3.8) is 0 Å². The smallest absolute Gasteiger partial charge is 0.130 e. The zero-order valence-electron chi connectivity index (χ0n) is 6.37. The second-order valence-electron chi connectivity index (χ2n) is 2.27. The standard InChI is InChI=1S/C9H9BrO2/c10-9-7(4-2-6-11)3-1-5-8(9)12/h1-5,11-12H,6H2/b4-2+. The van der Waals surface area contributed by atoms with Crippen molar-refractivity contribution in [3.05, 3.63) is 34.3 Å². The van der Waals surface area contributed by atoms with Crippen LogP contribution in [0.25, 0.3) is 6.08 Å². The second kappa shape index (κ2) is 4.28. The number of hydrogen-bond acceptors (Lipinski definition) is 2. The molecule has 0 unspecified atom stereocenters. The first kappa shape index (κ1) is 9.29. The van der Waals surface area contributed by atoms with Gasteiger partial charge in [0.05, 0.1) is 11.1 Å². The first-order valence-corrected chi connectivity index (χ1v) is 4.30. The van der Waals surface area contributed by atoms with Gasteiger partial charge in [0, 0.05) is 0 Å². The zero-order valence-corrected chi connectivity index (χ0v) is 7.95. The van der Waals surface area contributed by atoms with Gasteiger partial charge in [-0.25, -0.2) is 0 Å². The minimum absolute atomic E-state index is 0.00208. The Labute approximate surface area is 79.3 Å². The van der Waals surface area contributed by atoms with Crippen molar-refractivity contribution < 1.29 is 10.2 Å². The Morgan fingerprint density at radius 2 is 2.17 bits per heavy atom. The molecule has 1 rings (SSSR count). The van der Waals surface area contributed by atoms with Crippen LogP contribution in [0.4, 0.5) is 0 Å². The van der Waals surface area contributed by atoms with E-state index in [9.17, 15) is 5.11 Å². The van der Waals surface area contributed by atoms with Crippen LogP contribution in [0.15, 0.2) is 28.7 Å². The van der Waals surface area contributed by atoms with Crippen LogP contribution in [-0.2, 0) is 0 Å². The SMILES string of the molecule is OC/C=C/c1cccc(O)c1Br. The normalized spacial score (nSPS) is 10.8. The lowest BCUT2D eigenvalue weighted by Gasteiger charge is -1.99. The van der Waals surface area contributed by atoms with Crippen LogP contribution in [0.1, 0.15) is 5.56 Å². The molecular formula is C9H9BrO2. The van der Waals surface area contributed by atoms with Gasteiger partial charge in [-0.2, -0.15) is 0 Å². The molecule has 0 amide bonds. The molecule has 0 atom stereocenters.